The molecule has 0 aromatic heterocycles. The average molecular weight is 315 g/mol. The van der Waals surface area contributed by atoms with E-state index in [1.54, 1.807) is 12.1 Å². The maximum absolute atomic E-state index is 12.5. The molecule has 0 bridgehead atoms. The Morgan fingerprint density at radius 2 is 1.68 bits per heavy atom. The number of rotatable bonds is 3. The number of hydrogen-bond donors (Lipinski definition) is 0. The number of likely N-dealkylation sites (tertiary alicyclic amines) is 1. The summed E-state index contributed by atoms with van der Waals surface area (Å²) in [7, 11) is 0. The van der Waals surface area contributed by atoms with Crippen LogP contribution in [0.3, 0.4) is 0 Å². The summed E-state index contributed by atoms with van der Waals surface area (Å²) >= 11 is 0. The van der Waals surface area contributed by atoms with Crippen LogP contribution in [0, 0.1) is 5.92 Å². The van der Waals surface area contributed by atoms with E-state index in [0.29, 0.717) is 12.5 Å². The fraction of sp³-hybridized carbons (Fsp3) is 0.625. The predicted molar refractivity (Wildman–Crippen MR) is 74.9 cm³/mol. The van der Waals surface area contributed by atoms with Crippen molar-refractivity contribution >= 4 is 0 Å². The van der Waals surface area contributed by atoms with E-state index < -0.39 is 11.7 Å². The van der Waals surface area contributed by atoms with Crippen molar-refractivity contribution in [2.45, 2.75) is 45.1 Å². The molecule has 0 radical (unpaired) electrons. The number of ether oxygens (including phenoxy) is 2. The molecule has 2 heterocycles. The average Bonchev–Trinajstić information content (AvgIpc) is 2.45. The topological polar surface area (TPSA) is 21.7 Å². The summed E-state index contributed by atoms with van der Waals surface area (Å²) in [5, 5.41) is 0. The van der Waals surface area contributed by atoms with Gasteiger partial charge in [-0.05, 0) is 50.6 Å². The third kappa shape index (κ3) is 3.62. The maximum Gasteiger partial charge on any atom is 0.416 e. The van der Waals surface area contributed by atoms with Crippen molar-refractivity contribution in [3.05, 3.63) is 35.4 Å². The Hall–Kier alpha value is -1.11. The first kappa shape index (κ1) is 15.8. The predicted octanol–water partition coefficient (Wildman–Crippen LogP) is 3.64. The third-order valence-corrected chi connectivity index (χ3v) is 4.36. The van der Waals surface area contributed by atoms with Crippen LogP contribution in [0.4, 0.5) is 13.2 Å². The summed E-state index contributed by atoms with van der Waals surface area (Å²) in [5.74, 6) is 0.431. The molecule has 1 aromatic rings. The van der Waals surface area contributed by atoms with Crippen molar-refractivity contribution in [1.29, 1.82) is 0 Å². The van der Waals surface area contributed by atoms with Gasteiger partial charge in [0, 0.05) is 12.5 Å². The van der Waals surface area contributed by atoms with Crippen molar-refractivity contribution in [3.63, 3.8) is 0 Å². The summed E-state index contributed by atoms with van der Waals surface area (Å²) < 4.78 is 48.6. The first-order valence-electron chi connectivity index (χ1n) is 7.61. The second kappa shape index (κ2) is 6.18. The van der Waals surface area contributed by atoms with Gasteiger partial charge in [0.1, 0.15) is 0 Å². The summed E-state index contributed by atoms with van der Waals surface area (Å²) in [5.41, 5.74) is 0.319. The number of nitrogens with zero attached hydrogens (tertiary/aromatic N) is 1. The molecule has 0 N–H and O–H groups in total. The Kier molecular flexibility index (Phi) is 4.43. The molecule has 0 spiro atoms. The molecule has 0 amide bonds. The van der Waals surface area contributed by atoms with Gasteiger partial charge in [0.2, 0.25) is 0 Å². The van der Waals surface area contributed by atoms with E-state index in [-0.39, 0.29) is 12.6 Å². The molecule has 2 aliphatic heterocycles. The van der Waals surface area contributed by atoms with E-state index in [1.165, 1.54) is 0 Å². The van der Waals surface area contributed by atoms with Crippen LogP contribution in [-0.4, -0.2) is 30.6 Å². The van der Waals surface area contributed by atoms with Crippen LogP contribution in [-0.2, 0) is 22.2 Å². The number of alkyl halides is 3. The molecule has 1 aromatic carbocycles. The van der Waals surface area contributed by atoms with Crippen molar-refractivity contribution in [3.8, 4) is 0 Å². The van der Waals surface area contributed by atoms with Crippen LogP contribution in [0.5, 0.6) is 0 Å². The summed E-state index contributed by atoms with van der Waals surface area (Å²) in [6, 6.07) is 5.43. The molecule has 2 aliphatic rings. The molecule has 3 nitrogen and oxygen atoms in total. The van der Waals surface area contributed by atoms with Gasteiger partial charge in [-0.1, -0.05) is 12.1 Å². The highest BCUT2D eigenvalue weighted by Gasteiger charge is 2.36. The first-order chi connectivity index (χ1) is 10.4. The Morgan fingerprint density at radius 3 is 2.18 bits per heavy atom. The normalized spacial score (nSPS) is 27.6. The lowest BCUT2D eigenvalue weighted by Gasteiger charge is -2.42. The molecule has 2 fully saturated rings. The maximum atomic E-state index is 12.5. The van der Waals surface area contributed by atoms with Crippen molar-refractivity contribution in [2.75, 3.05) is 13.1 Å². The fourth-order valence-corrected chi connectivity index (χ4v) is 3.05. The minimum atomic E-state index is -4.27. The number of benzene rings is 1. The SMILES string of the molecule is CC1OC(C2CCN(Cc3ccc(C(F)(F)F)cc3)CC2)O1. The molecule has 0 atom stereocenters. The number of piperidine rings is 1. The smallest absolute Gasteiger partial charge is 0.324 e. The minimum absolute atomic E-state index is 0.0665. The largest absolute Gasteiger partial charge is 0.416 e. The van der Waals surface area contributed by atoms with Gasteiger partial charge in [-0.3, -0.25) is 4.90 Å². The summed E-state index contributed by atoms with van der Waals surface area (Å²) in [6.07, 6.45) is -2.43. The van der Waals surface area contributed by atoms with Crippen molar-refractivity contribution in [1.82, 2.24) is 4.90 Å². The zero-order valence-electron chi connectivity index (χ0n) is 12.5. The fourth-order valence-electron chi connectivity index (χ4n) is 3.05. The van der Waals surface area contributed by atoms with E-state index in [2.05, 4.69) is 4.90 Å². The van der Waals surface area contributed by atoms with Crippen molar-refractivity contribution in [2.24, 2.45) is 5.92 Å². The van der Waals surface area contributed by atoms with E-state index in [0.717, 1.165) is 43.6 Å². The van der Waals surface area contributed by atoms with E-state index in [1.807, 2.05) is 6.92 Å². The highest BCUT2D eigenvalue weighted by molar-refractivity contribution is 5.24. The Labute approximate surface area is 128 Å². The van der Waals surface area contributed by atoms with Crippen LogP contribution >= 0.6 is 0 Å². The molecule has 6 heteroatoms. The van der Waals surface area contributed by atoms with Gasteiger partial charge in [-0.15, -0.1) is 0 Å². The van der Waals surface area contributed by atoms with Gasteiger partial charge < -0.3 is 9.47 Å². The first-order valence-corrected chi connectivity index (χ1v) is 7.61. The molecule has 0 saturated carbocycles. The monoisotopic (exact) mass is 315 g/mol. The molecule has 2 saturated heterocycles. The molecule has 22 heavy (non-hydrogen) atoms. The molecule has 0 unspecified atom stereocenters. The van der Waals surface area contributed by atoms with Gasteiger partial charge in [-0.25, -0.2) is 0 Å². The zero-order chi connectivity index (χ0) is 15.7. The van der Waals surface area contributed by atoms with Gasteiger partial charge in [0.15, 0.2) is 12.6 Å². The lowest BCUT2D eigenvalue weighted by Crippen LogP contribution is -2.47. The second-order valence-corrected chi connectivity index (χ2v) is 6.02. The Morgan fingerprint density at radius 1 is 1.09 bits per heavy atom. The van der Waals surface area contributed by atoms with Crippen LogP contribution in [0.25, 0.3) is 0 Å². The molecular formula is C16H20F3NO2. The van der Waals surface area contributed by atoms with E-state index >= 15 is 0 Å². The Balaban J connectivity index is 1.48. The van der Waals surface area contributed by atoms with E-state index in [4.69, 9.17) is 9.47 Å². The minimum Gasteiger partial charge on any atom is -0.324 e. The van der Waals surface area contributed by atoms with E-state index in [9.17, 15) is 13.2 Å². The van der Waals surface area contributed by atoms with Crippen LogP contribution < -0.4 is 0 Å². The van der Waals surface area contributed by atoms with Crippen LogP contribution in [0.1, 0.15) is 30.9 Å². The lowest BCUT2D eigenvalue weighted by atomic mass is 9.95. The van der Waals surface area contributed by atoms with Crippen LogP contribution in [0.2, 0.25) is 0 Å². The molecule has 122 valence electrons. The summed E-state index contributed by atoms with van der Waals surface area (Å²) in [6.45, 7) is 4.41. The molecule has 3 rings (SSSR count). The highest BCUT2D eigenvalue weighted by atomic mass is 19.4. The quantitative estimate of drug-likeness (QED) is 0.850. The van der Waals surface area contributed by atoms with Gasteiger partial charge in [0.05, 0.1) is 5.56 Å². The zero-order valence-corrected chi connectivity index (χ0v) is 12.5. The number of halogens is 3. The molecule has 0 aliphatic carbocycles. The standard InChI is InChI=1S/C16H20F3NO2/c1-11-21-15(22-11)13-6-8-20(9-7-13)10-12-2-4-14(5-3-12)16(17,18)19/h2-5,11,13,15H,6-10H2,1H3. The second-order valence-electron chi connectivity index (χ2n) is 6.02. The van der Waals surface area contributed by atoms with Crippen LogP contribution in [0.15, 0.2) is 24.3 Å². The summed E-state index contributed by atoms with van der Waals surface area (Å²) in [4.78, 5) is 2.27. The van der Waals surface area contributed by atoms with Gasteiger partial charge >= 0.3 is 6.18 Å². The molecular weight excluding hydrogens is 295 g/mol. The third-order valence-electron chi connectivity index (χ3n) is 4.36. The number of hydrogen-bond acceptors (Lipinski definition) is 3. The van der Waals surface area contributed by atoms with Crippen molar-refractivity contribution < 1.29 is 22.6 Å². The van der Waals surface area contributed by atoms with Gasteiger partial charge in [-0.2, -0.15) is 13.2 Å². The lowest BCUT2D eigenvalue weighted by molar-refractivity contribution is -0.394. The highest BCUT2D eigenvalue weighted by Crippen LogP contribution is 2.32. The van der Waals surface area contributed by atoms with Gasteiger partial charge in [0.25, 0.3) is 0 Å². The Bertz CT molecular complexity index is 489.